The van der Waals surface area contributed by atoms with Gasteiger partial charge in [0.1, 0.15) is 0 Å². The fourth-order valence-corrected chi connectivity index (χ4v) is 3.26. The fourth-order valence-electron chi connectivity index (χ4n) is 3.26. The van der Waals surface area contributed by atoms with E-state index in [1.54, 1.807) is 0 Å². The van der Waals surface area contributed by atoms with Crippen LogP contribution < -0.4 is 0 Å². The molecule has 23 heavy (non-hydrogen) atoms. The maximum absolute atomic E-state index is 3.25. The maximum Gasteiger partial charge on any atom is 0.0345 e. The summed E-state index contributed by atoms with van der Waals surface area (Å²) < 4.78 is 0. The molecule has 0 N–H and O–H groups in total. The summed E-state index contributed by atoms with van der Waals surface area (Å²) in [5.74, 6) is 0.269. The van der Waals surface area contributed by atoms with Gasteiger partial charge in [-0.2, -0.15) is 0 Å². The topological polar surface area (TPSA) is 0 Å². The molecule has 0 atom stereocenters. The maximum atomic E-state index is 3.25. The van der Waals surface area contributed by atoms with E-state index in [0.29, 0.717) is 0 Å². The number of benzene rings is 3. The Morgan fingerprint density at radius 1 is 0.609 bits per heavy atom. The van der Waals surface area contributed by atoms with Crippen LogP contribution >= 0.6 is 0 Å². The van der Waals surface area contributed by atoms with Crippen LogP contribution in [0, 0.1) is 33.8 Å². The van der Waals surface area contributed by atoms with E-state index in [1.165, 1.54) is 38.9 Å². The highest BCUT2D eigenvalue weighted by Crippen LogP contribution is 2.35. The van der Waals surface area contributed by atoms with Crippen LogP contribution in [0.4, 0.5) is 0 Å². The Morgan fingerprint density at radius 3 is 1.39 bits per heavy atom. The summed E-state index contributed by atoms with van der Waals surface area (Å²) in [6.07, 6.45) is 0. The molecule has 3 aromatic carbocycles. The van der Waals surface area contributed by atoms with Crippen LogP contribution in [0.15, 0.2) is 60.7 Å². The van der Waals surface area contributed by atoms with Crippen LogP contribution in [0.5, 0.6) is 0 Å². The van der Waals surface area contributed by atoms with Crippen LogP contribution in [0.1, 0.15) is 44.9 Å². The summed E-state index contributed by atoms with van der Waals surface area (Å²) in [7, 11) is 0. The first-order valence-corrected chi connectivity index (χ1v) is 8.16. The molecule has 0 amide bonds. The smallest absolute Gasteiger partial charge is 0.0345 e. The first kappa shape index (κ1) is 15.6. The van der Waals surface area contributed by atoms with Crippen molar-refractivity contribution in [1.82, 2.24) is 0 Å². The lowest BCUT2D eigenvalue weighted by molar-refractivity contribution is 0.945. The molecule has 115 valence electrons. The minimum Gasteiger partial charge on any atom is -0.0590 e. The van der Waals surface area contributed by atoms with Gasteiger partial charge in [-0.3, -0.25) is 0 Å². The third-order valence-corrected chi connectivity index (χ3v) is 4.56. The zero-order valence-electron chi connectivity index (χ0n) is 14.4. The van der Waals surface area contributed by atoms with Crippen molar-refractivity contribution >= 4 is 0 Å². The SMILES string of the molecule is Cc1ccc(C(c2ccc(C)cc2)c2c(C)c[c]cc2C)cc1. The van der Waals surface area contributed by atoms with Crippen molar-refractivity contribution in [3.63, 3.8) is 0 Å². The van der Waals surface area contributed by atoms with Gasteiger partial charge in [0.05, 0.1) is 0 Å². The van der Waals surface area contributed by atoms with Crippen molar-refractivity contribution in [3.8, 4) is 0 Å². The number of rotatable bonds is 3. The van der Waals surface area contributed by atoms with Gasteiger partial charge in [-0.25, -0.2) is 0 Å². The predicted molar refractivity (Wildman–Crippen MR) is 98.1 cm³/mol. The van der Waals surface area contributed by atoms with Gasteiger partial charge in [-0.1, -0.05) is 71.8 Å². The van der Waals surface area contributed by atoms with Gasteiger partial charge in [0, 0.05) is 5.92 Å². The quantitative estimate of drug-likeness (QED) is 0.528. The van der Waals surface area contributed by atoms with Gasteiger partial charge in [-0.05, 0) is 61.6 Å². The highest BCUT2D eigenvalue weighted by atomic mass is 14.2. The molecular formula is C23H23. The van der Waals surface area contributed by atoms with Gasteiger partial charge in [-0.15, -0.1) is 0 Å². The Morgan fingerprint density at radius 2 is 1.00 bits per heavy atom. The summed E-state index contributed by atoms with van der Waals surface area (Å²) in [5.41, 5.74) is 9.29. The van der Waals surface area contributed by atoms with Gasteiger partial charge >= 0.3 is 0 Å². The molecule has 1 radical (unpaired) electrons. The minimum absolute atomic E-state index is 0.269. The van der Waals surface area contributed by atoms with Crippen LogP contribution in [0.2, 0.25) is 0 Å². The predicted octanol–water partition coefficient (Wildman–Crippen LogP) is 5.90. The van der Waals surface area contributed by atoms with Gasteiger partial charge < -0.3 is 0 Å². The Balaban J connectivity index is 2.21. The molecule has 0 aromatic heterocycles. The van der Waals surface area contributed by atoms with E-state index in [4.69, 9.17) is 0 Å². The lowest BCUT2D eigenvalue weighted by Gasteiger charge is -2.23. The van der Waals surface area contributed by atoms with Gasteiger partial charge in [0.2, 0.25) is 0 Å². The van der Waals surface area contributed by atoms with Crippen molar-refractivity contribution in [2.45, 2.75) is 33.6 Å². The third kappa shape index (κ3) is 3.22. The Hall–Kier alpha value is -2.34. The van der Waals surface area contributed by atoms with Crippen molar-refractivity contribution < 1.29 is 0 Å². The summed E-state index contributed by atoms with van der Waals surface area (Å²) >= 11 is 0. The van der Waals surface area contributed by atoms with Gasteiger partial charge in [0.15, 0.2) is 0 Å². The molecule has 0 bridgehead atoms. The first-order valence-electron chi connectivity index (χ1n) is 8.16. The molecule has 0 spiro atoms. The molecule has 0 nitrogen and oxygen atoms in total. The Bertz CT molecular complexity index is 727. The highest BCUT2D eigenvalue weighted by Gasteiger charge is 2.20. The van der Waals surface area contributed by atoms with Crippen molar-refractivity contribution in [2.75, 3.05) is 0 Å². The zero-order valence-corrected chi connectivity index (χ0v) is 14.4. The molecule has 0 unspecified atom stereocenters. The molecule has 0 heteroatoms. The van der Waals surface area contributed by atoms with Crippen LogP contribution in [0.3, 0.4) is 0 Å². The van der Waals surface area contributed by atoms with E-state index in [9.17, 15) is 0 Å². The number of hydrogen-bond donors (Lipinski definition) is 0. The van der Waals surface area contributed by atoms with E-state index in [1.807, 2.05) is 0 Å². The number of hydrogen-bond acceptors (Lipinski definition) is 0. The van der Waals surface area contributed by atoms with E-state index >= 15 is 0 Å². The second-order valence-corrected chi connectivity index (χ2v) is 6.49. The largest absolute Gasteiger partial charge is 0.0590 e. The lowest BCUT2D eigenvalue weighted by Crippen LogP contribution is -2.07. The summed E-state index contributed by atoms with van der Waals surface area (Å²) in [4.78, 5) is 0. The number of aryl methyl sites for hydroxylation is 4. The fraction of sp³-hybridized carbons (Fsp3) is 0.217. The van der Waals surface area contributed by atoms with Crippen LogP contribution in [-0.4, -0.2) is 0 Å². The molecule has 0 aliphatic heterocycles. The van der Waals surface area contributed by atoms with E-state index in [-0.39, 0.29) is 5.92 Å². The second kappa shape index (κ2) is 6.42. The summed E-state index contributed by atoms with van der Waals surface area (Å²) in [6.45, 7) is 8.65. The zero-order chi connectivity index (χ0) is 16.4. The summed E-state index contributed by atoms with van der Waals surface area (Å²) in [6, 6.07) is 25.3. The molecule has 3 aromatic rings. The standard InChI is InChI=1S/C23H23/c1-16-8-12-20(13-9-16)23(21-14-10-17(2)11-15-21)22-18(3)6-5-7-19(22)4/h6-15,23H,1-4H3. The Labute approximate surface area is 139 Å². The van der Waals surface area contributed by atoms with E-state index in [2.05, 4.69) is 94.4 Å². The van der Waals surface area contributed by atoms with E-state index < -0.39 is 0 Å². The Kier molecular flexibility index (Phi) is 4.34. The average Bonchev–Trinajstić information content (AvgIpc) is 2.53. The average molecular weight is 299 g/mol. The van der Waals surface area contributed by atoms with Gasteiger partial charge in [0.25, 0.3) is 0 Å². The molecule has 0 saturated heterocycles. The van der Waals surface area contributed by atoms with Crippen molar-refractivity contribution in [2.24, 2.45) is 0 Å². The molecule has 3 rings (SSSR count). The van der Waals surface area contributed by atoms with Crippen molar-refractivity contribution in [1.29, 1.82) is 0 Å². The normalized spacial score (nSPS) is 11.0. The molecule has 0 aliphatic carbocycles. The molecule has 0 aliphatic rings. The second-order valence-electron chi connectivity index (χ2n) is 6.49. The molecule has 0 fully saturated rings. The summed E-state index contributed by atoms with van der Waals surface area (Å²) in [5, 5.41) is 0. The molecular weight excluding hydrogens is 276 g/mol. The first-order chi connectivity index (χ1) is 11.1. The van der Waals surface area contributed by atoms with E-state index in [0.717, 1.165) is 0 Å². The van der Waals surface area contributed by atoms with Crippen LogP contribution in [0.25, 0.3) is 0 Å². The van der Waals surface area contributed by atoms with Crippen LogP contribution in [-0.2, 0) is 0 Å². The monoisotopic (exact) mass is 299 g/mol. The highest BCUT2D eigenvalue weighted by molar-refractivity contribution is 5.49. The third-order valence-electron chi connectivity index (χ3n) is 4.56. The lowest BCUT2D eigenvalue weighted by atomic mass is 9.80. The van der Waals surface area contributed by atoms with Crippen molar-refractivity contribution in [3.05, 3.63) is 106 Å². The molecule has 0 saturated carbocycles. The minimum atomic E-state index is 0.269. The molecule has 0 heterocycles.